The van der Waals surface area contributed by atoms with Gasteiger partial charge in [0.25, 0.3) is 5.17 Å². The lowest BCUT2D eigenvalue weighted by Gasteiger charge is -2.41. The Labute approximate surface area is 276 Å². The highest BCUT2D eigenvalue weighted by Gasteiger charge is 2.54. The Morgan fingerprint density at radius 2 is 1.63 bits per heavy atom. The first-order valence-electron chi connectivity index (χ1n) is 14.6. The summed E-state index contributed by atoms with van der Waals surface area (Å²) in [5, 5.41) is 0.362. The zero-order chi connectivity index (χ0) is 32.8. The molecule has 14 heteroatoms. The fourth-order valence-electron chi connectivity index (χ4n) is 4.72. The van der Waals surface area contributed by atoms with E-state index in [0.717, 1.165) is 0 Å². The van der Waals surface area contributed by atoms with E-state index < -0.39 is 53.4 Å². The minimum absolute atomic E-state index is 0.0251. The molecule has 12 nitrogen and oxygen atoms in total. The number of fused-ring (bicyclic) bond motifs is 1. The summed E-state index contributed by atoms with van der Waals surface area (Å²) < 4.78 is 31.6. The van der Waals surface area contributed by atoms with Crippen molar-refractivity contribution in [2.24, 2.45) is 4.99 Å². The molecule has 46 heavy (non-hydrogen) atoms. The van der Waals surface area contributed by atoms with Gasteiger partial charge in [-0.05, 0) is 64.2 Å². The van der Waals surface area contributed by atoms with E-state index in [1.807, 2.05) is 0 Å². The number of nitrogens with zero attached hydrogens (tertiary/aromatic N) is 4. The van der Waals surface area contributed by atoms with Crippen LogP contribution >= 0.6 is 24.0 Å². The molecule has 0 N–H and O–H groups in total. The number of hydrogen-bond acceptors (Lipinski definition) is 12. The number of aliphatic imine (C=N–C) groups is 1. The number of thiocarbonyl (C=S) groups is 1. The number of benzene rings is 2. The standard InChI is InChI=1S/C32H34N4O8S2/c1-5-36(30(39)44-32(2,3)4)29-34-23-25(43-31(45)35-17-16-33-19-35)24(42-27(38)21-14-10-7-11-15-21)22(41-28(23)46-29)18-40-26(37)20-12-8-6-9-13-20/h6-17,19,22-25,28H,5,18H2,1-4H3. The Bertz CT molecular complexity index is 1560. The molecule has 0 spiro atoms. The van der Waals surface area contributed by atoms with Crippen LogP contribution in [-0.4, -0.2) is 91.4 Å². The lowest BCUT2D eigenvalue weighted by Crippen LogP contribution is -2.59. The Hall–Kier alpha value is -4.27. The van der Waals surface area contributed by atoms with Crippen LogP contribution < -0.4 is 0 Å². The molecule has 5 rings (SSSR count). The molecule has 2 aliphatic rings. The normalized spacial score (nSPS) is 22.2. The van der Waals surface area contributed by atoms with E-state index in [1.54, 1.807) is 101 Å². The highest BCUT2D eigenvalue weighted by molar-refractivity contribution is 8.14. The second kappa shape index (κ2) is 14.4. The molecule has 5 atom stereocenters. The fourth-order valence-corrected chi connectivity index (χ4v) is 6.21. The topological polar surface area (TPSA) is 131 Å². The Morgan fingerprint density at radius 3 is 2.22 bits per heavy atom. The molecule has 0 aliphatic carbocycles. The predicted octanol–water partition coefficient (Wildman–Crippen LogP) is 4.94. The van der Waals surface area contributed by atoms with E-state index in [4.69, 9.17) is 40.9 Å². The lowest BCUT2D eigenvalue weighted by molar-refractivity contribution is -0.163. The molecule has 1 aromatic heterocycles. The van der Waals surface area contributed by atoms with Crippen molar-refractivity contribution < 1.29 is 38.1 Å². The van der Waals surface area contributed by atoms with Crippen LogP contribution in [0.2, 0.25) is 0 Å². The minimum Gasteiger partial charge on any atom is -0.461 e. The zero-order valence-corrected chi connectivity index (χ0v) is 27.3. The number of carbonyl (C=O) groups is 3. The highest BCUT2D eigenvalue weighted by atomic mass is 32.2. The fraction of sp³-hybridized carbons (Fsp3) is 0.375. The molecule has 1 amide bonds. The van der Waals surface area contributed by atoms with E-state index in [0.29, 0.717) is 16.3 Å². The van der Waals surface area contributed by atoms with Crippen molar-refractivity contribution >= 4 is 52.4 Å². The zero-order valence-electron chi connectivity index (χ0n) is 25.7. The molecule has 3 heterocycles. The average molecular weight is 667 g/mol. The van der Waals surface area contributed by atoms with Gasteiger partial charge in [0.2, 0.25) is 0 Å². The molecular formula is C32H34N4O8S2. The number of ether oxygens (including phenoxy) is 5. The third-order valence-corrected chi connectivity index (χ3v) is 8.32. The van der Waals surface area contributed by atoms with E-state index in [9.17, 15) is 14.4 Å². The van der Waals surface area contributed by atoms with E-state index >= 15 is 0 Å². The number of rotatable bonds is 7. The molecule has 5 unspecified atom stereocenters. The largest absolute Gasteiger partial charge is 0.461 e. The molecule has 3 aromatic rings. The van der Waals surface area contributed by atoms with Crippen molar-refractivity contribution in [2.75, 3.05) is 13.2 Å². The van der Waals surface area contributed by atoms with Gasteiger partial charge in [-0.1, -0.05) is 48.2 Å². The summed E-state index contributed by atoms with van der Waals surface area (Å²) in [4.78, 5) is 49.7. The van der Waals surface area contributed by atoms with Gasteiger partial charge in [-0.2, -0.15) is 0 Å². The monoisotopic (exact) mass is 666 g/mol. The third-order valence-electron chi connectivity index (χ3n) is 6.85. The molecule has 242 valence electrons. The highest BCUT2D eigenvalue weighted by Crippen LogP contribution is 2.40. The second-order valence-corrected chi connectivity index (χ2v) is 12.7. The maximum Gasteiger partial charge on any atom is 0.416 e. The van der Waals surface area contributed by atoms with Gasteiger partial charge in [0, 0.05) is 18.9 Å². The Balaban J connectivity index is 1.48. The van der Waals surface area contributed by atoms with Crippen LogP contribution in [0.4, 0.5) is 4.79 Å². The minimum atomic E-state index is -1.14. The maximum atomic E-state index is 13.4. The lowest BCUT2D eigenvalue weighted by atomic mass is 9.97. The number of hydrogen-bond donors (Lipinski definition) is 0. The van der Waals surface area contributed by atoms with E-state index in [2.05, 4.69) is 4.98 Å². The summed E-state index contributed by atoms with van der Waals surface area (Å²) in [6.07, 6.45) is 0.916. The number of carbonyl (C=O) groups excluding carboxylic acids is 3. The van der Waals surface area contributed by atoms with Crippen LogP contribution in [0.3, 0.4) is 0 Å². The Morgan fingerprint density at radius 1 is 0.978 bits per heavy atom. The number of thioether (sulfide) groups is 1. The van der Waals surface area contributed by atoms with Gasteiger partial charge in [0.15, 0.2) is 17.4 Å². The van der Waals surface area contributed by atoms with Crippen molar-refractivity contribution in [3.8, 4) is 0 Å². The van der Waals surface area contributed by atoms with Crippen LogP contribution in [0.25, 0.3) is 0 Å². The first-order valence-corrected chi connectivity index (χ1v) is 15.9. The van der Waals surface area contributed by atoms with Crippen molar-refractivity contribution in [3.63, 3.8) is 0 Å². The van der Waals surface area contributed by atoms with Gasteiger partial charge in [0.1, 0.15) is 36.1 Å². The molecule has 1 saturated heterocycles. The molecule has 0 radical (unpaired) electrons. The number of amides is 1. The van der Waals surface area contributed by atoms with Gasteiger partial charge >= 0.3 is 18.0 Å². The summed E-state index contributed by atoms with van der Waals surface area (Å²) in [5.74, 6) is -1.23. The van der Waals surface area contributed by atoms with Gasteiger partial charge in [-0.25, -0.2) is 19.4 Å². The number of esters is 2. The number of amidine groups is 1. The van der Waals surface area contributed by atoms with Gasteiger partial charge < -0.3 is 23.7 Å². The van der Waals surface area contributed by atoms with Gasteiger partial charge in [-0.15, -0.1) is 0 Å². The average Bonchev–Trinajstić information content (AvgIpc) is 3.72. The van der Waals surface area contributed by atoms with Crippen LogP contribution in [-0.2, 0) is 23.7 Å². The molecule has 0 saturated carbocycles. The van der Waals surface area contributed by atoms with Crippen molar-refractivity contribution in [2.45, 2.75) is 63.1 Å². The number of aromatic nitrogens is 2. The summed E-state index contributed by atoms with van der Waals surface area (Å²) in [7, 11) is 0. The van der Waals surface area contributed by atoms with Crippen molar-refractivity contribution in [1.29, 1.82) is 0 Å². The smallest absolute Gasteiger partial charge is 0.416 e. The van der Waals surface area contributed by atoms with E-state index in [-0.39, 0.29) is 18.3 Å². The molecule has 2 aromatic carbocycles. The molecule has 2 aliphatic heterocycles. The molecular weight excluding hydrogens is 633 g/mol. The molecule has 1 fully saturated rings. The van der Waals surface area contributed by atoms with E-state index in [1.165, 1.54) is 27.6 Å². The Kier molecular flexibility index (Phi) is 10.4. The van der Waals surface area contributed by atoms with Crippen LogP contribution in [0.15, 0.2) is 84.4 Å². The SMILES string of the molecule is CCN(C(=O)OC(C)(C)C)C1=NC2C(OC(COC(=O)c3ccccc3)C(OC(=O)c3ccccc3)C2OC(=S)n2ccnc2)S1. The maximum absolute atomic E-state index is 13.4. The summed E-state index contributed by atoms with van der Waals surface area (Å²) in [5.41, 5.74) is -0.799. The number of imidazole rings is 1. The quantitative estimate of drug-likeness (QED) is 0.193. The summed E-state index contributed by atoms with van der Waals surface area (Å²) >= 11 is 6.77. The second-order valence-electron chi connectivity index (χ2n) is 11.3. The summed E-state index contributed by atoms with van der Waals surface area (Å²) in [6, 6.07) is 16.2. The predicted molar refractivity (Wildman–Crippen MR) is 174 cm³/mol. The third kappa shape index (κ3) is 7.92. The van der Waals surface area contributed by atoms with Gasteiger partial charge in [-0.3, -0.25) is 14.5 Å². The van der Waals surface area contributed by atoms with Gasteiger partial charge in [0.05, 0.1) is 11.1 Å². The first kappa shape index (κ1) is 33.1. The van der Waals surface area contributed by atoms with Crippen LogP contribution in [0, 0.1) is 0 Å². The van der Waals surface area contributed by atoms with Crippen molar-refractivity contribution in [1.82, 2.24) is 14.5 Å². The summed E-state index contributed by atoms with van der Waals surface area (Å²) in [6.45, 7) is 7.12. The first-order chi connectivity index (χ1) is 22.0. The van der Waals surface area contributed by atoms with Crippen molar-refractivity contribution in [3.05, 3.63) is 90.5 Å². The molecule has 0 bridgehead atoms. The van der Waals surface area contributed by atoms with Crippen LogP contribution in [0.1, 0.15) is 48.4 Å². The van der Waals surface area contributed by atoms with Crippen LogP contribution in [0.5, 0.6) is 0 Å².